The van der Waals surface area contributed by atoms with Crippen molar-refractivity contribution in [2.45, 2.75) is 13.8 Å². The van der Waals surface area contributed by atoms with Gasteiger partial charge in [-0.15, -0.1) is 0 Å². The number of hydrogen-bond acceptors (Lipinski definition) is 1. The molecule has 2 aromatic rings. The molecule has 0 atom stereocenters. The van der Waals surface area contributed by atoms with Crippen LogP contribution in [0.15, 0.2) is 18.5 Å². The molecule has 0 aliphatic carbocycles. The Morgan fingerprint density at radius 1 is 1.25 bits per heavy atom. The molecule has 0 amide bonds. The first-order valence-corrected chi connectivity index (χ1v) is 4.07. The third kappa shape index (κ3) is 0.843. The Morgan fingerprint density at radius 2 is 2.00 bits per heavy atom. The molecule has 2 heteroatoms. The number of hydrogen-bond donors (Lipinski definition) is 0. The van der Waals surface area contributed by atoms with Crippen molar-refractivity contribution in [1.29, 1.82) is 0 Å². The Balaban J connectivity index is 2.93. The number of imidazole rings is 1. The van der Waals surface area contributed by atoms with Gasteiger partial charge in [-0.25, -0.2) is 4.98 Å². The van der Waals surface area contributed by atoms with Crippen molar-refractivity contribution >= 4 is 11.0 Å². The summed E-state index contributed by atoms with van der Waals surface area (Å²) < 4.78 is 2.04. The monoisotopic (exact) mass is 160 g/mol. The van der Waals surface area contributed by atoms with Crippen LogP contribution in [0, 0.1) is 13.8 Å². The Labute approximate surface area is 71.8 Å². The molecule has 0 N–H and O–H groups in total. The third-order valence-corrected chi connectivity index (χ3v) is 2.42. The summed E-state index contributed by atoms with van der Waals surface area (Å²) in [5, 5.41) is 0. The zero-order valence-corrected chi connectivity index (χ0v) is 7.63. The molecule has 0 radical (unpaired) electrons. The van der Waals surface area contributed by atoms with Gasteiger partial charge in [-0.1, -0.05) is 6.07 Å². The first kappa shape index (κ1) is 7.35. The van der Waals surface area contributed by atoms with E-state index in [2.05, 4.69) is 31.0 Å². The Bertz CT molecular complexity index is 427. The molecule has 0 saturated heterocycles. The van der Waals surface area contributed by atoms with Crippen molar-refractivity contribution in [2.24, 2.45) is 7.05 Å². The maximum atomic E-state index is 4.34. The topological polar surface area (TPSA) is 17.8 Å². The second-order valence-electron chi connectivity index (χ2n) is 3.23. The van der Waals surface area contributed by atoms with Crippen LogP contribution >= 0.6 is 0 Å². The maximum absolute atomic E-state index is 4.34. The quantitative estimate of drug-likeness (QED) is 0.577. The van der Waals surface area contributed by atoms with Crippen LogP contribution < -0.4 is 0 Å². The zero-order chi connectivity index (χ0) is 8.72. The van der Waals surface area contributed by atoms with Gasteiger partial charge in [0.25, 0.3) is 0 Å². The highest BCUT2D eigenvalue weighted by Gasteiger charge is 2.03. The number of nitrogens with zero attached hydrogens (tertiary/aromatic N) is 2. The first-order chi connectivity index (χ1) is 5.70. The molecule has 0 saturated carbocycles. The summed E-state index contributed by atoms with van der Waals surface area (Å²) in [5.41, 5.74) is 4.92. The minimum atomic E-state index is 1.12. The Hall–Kier alpha value is -1.31. The average Bonchev–Trinajstić information content (AvgIpc) is 2.41. The highest BCUT2D eigenvalue weighted by molar-refractivity contribution is 5.79. The van der Waals surface area contributed by atoms with Crippen LogP contribution in [0.1, 0.15) is 11.1 Å². The standard InChI is InChI=1S/C10H12N2/c1-7-4-5-9-10(8(7)2)11-6-12(9)3/h4-6H,1-3H3. The summed E-state index contributed by atoms with van der Waals surface area (Å²) in [6, 6.07) is 4.25. The summed E-state index contributed by atoms with van der Waals surface area (Å²) in [7, 11) is 2.02. The summed E-state index contributed by atoms with van der Waals surface area (Å²) in [5.74, 6) is 0. The van der Waals surface area contributed by atoms with E-state index in [0.29, 0.717) is 0 Å². The van der Waals surface area contributed by atoms with Crippen molar-refractivity contribution in [3.63, 3.8) is 0 Å². The highest BCUT2D eigenvalue weighted by Crippen LogP contribution is 2.18. The summed E-state index contributed by atoms with van der Waals surface area (Å²) in [4.78, 5) is 4.34. The molecule has 0 bridgehead atoms. The zero-order valence-electron chi connectivity index (χ0n) is 7.63. The predicted octanol–water partition coefficient (Wildman–Crippen LogP) is 2.19. The third-order valence-electron chi connectivity index (χ3n) is 2.42. The van der Waals surface area contributed by atoms with Gasteiger partial charge in [-0.2, -0.15) is 0 Å². The van der Waals surface area contributed by atoms with Crippen LogP contribution in [0.5, 0.6) is 0 Å². The fraction of sp³-hybridized carbons (Fsp3) is 0.300. The van der Waals surface area contributed by atoms with E-state index >= 15 is 0 Å². The van der Waals surface area contributed by atoms with E-state index in [1.807, 2.05) is 17.9 Å². The molecular formula is C10H12N2. The predicted molar refractivity (Wildman–Crippen MR) is 50.2 cm³/mol. The number of fused-ring (bicyclic) bond motifs is 1. The van der Waals surface area contributed by atoms with E-state index in [1.54, 1.807) is 0 Å². The molecular weight excluding hydrogens is 148 g/mol. The van der Waals surface area contributed by atoms with Gasteiger partial charge in [0.05, 0.1) is 17.4 Å². The second-order valence-corrected chi connectivity index (χ2v) is 3.23. The minimum absolute atomic E-state index is 1.12. The van der Waals surface area contributed by atoms with Crippen LogP contribution in [0.3, 0.4) is 0 Å². The van der Waals surface area contributed by atoms with Crippen LogP contribution in [0.25, 0.3) is 11.0 Å². The number of aryl methyl sites for hydroxylation is 3. The molecule has 0 aliphatic rings. The van der Waals surface area contributed by atoms with Crippen LogP contribution in [0.2, 0.25) is 0 Å². The van der Waals surface area contributed by atoms with Crippen LogP contribution in [0.4, 0.5) is 0 Å². The first-order valence-electron chi connectivity index (χ1n) is 4.07. The normalized spacial score (nSPS) is 10.9. The Kier molecular flexibility index (Phi) is 1.43. The number of benzene rings is 1. The molecule has 1 heterocycles. The van der Waals surface area contributed by atoms with Crippen LogP contribution in [-0.4, -0.2) is 9.55 Å². The average molecular weight is 160 g/mol. The molecule has 0 fully saturated rings. The summed E-state index contributed by atoms with van der Waals surface area (Å²) in [6.45, 7) is 4.23. The lowest BCUT2D eigenvalue weighted by Crippen LogP contribution is -1.86. The van der Waals surface area contributed by atoms with Gasteiger partial charge in [0, 0.05) is 7.05 Å². The minimum Gasteiger partial charge on any atom is -0.334 e. The smallest absolute Gasteiger partial charge is 0.0955 e. The summed E-state index contributed by atoms with van der Waals surface area (Å²) >= 11 is 0. The molecule has 0 spiro atoms. The molecule has 12 heavy (non-hydrogen) atoms. The van der Waals surface area contributed by atoms with Crippen molar-refractivity contribution < 1.29 is 0 Å². The highest BCUT2D eigenvalue weighted by atomic mass is 15.0. The van der Waals surface area contributed by atoms with E-state index in [4.69, 9.17) is 0 Å². The molecule has 1 aromatic carbocycles. The van der Waals surface area contributed by atoms with Gasteiger partial charge in [0.1, 0.15) is 0 Å². The van der Waals surface area contributed by atoms with Gasteiger partial charge in [0.15, 0.2) is 0 Å². The Morgan fingerprint density at radius 3 is 2.75 bits per heavy atom. The van der Waals surface area contributed by atoms with Gasteiger partial charge in [0.2, 0.25) is 0 Å². The van der Waals surface area contributed by atoms with E-state index in [9.17, 15) is 0 Å². The van der Waals surface area contributed by atoms with Gasteiger partial charge in [-0.3, -0.25) is 0 Å². The van der Waals surface area contributed by atoms with Crippen molar-refractivity contribution in [1.82, 2.24) is 9.55 Å². The fourth-order valence-corrected chi connectivity index (χ4v) is 1.44. The largest absolute Gasteiger partial charge is 0.334 e. The number of aromatic nitrogens is 2. The van der Waals surface area contributed by atoms with E-state index in [1.165, 1.54) is 16.6 Å². The van der Waals surface area contributed by atoms with E-state index in [0.717, 1.165) is 5.52 Å². The SMILES string of the molecule is Cc1ccc2c(ncn2C)c1C. The molecule has 2 rings (SSSR count). The van der Waals surface area contributed by atoms with E-state index in [-0.39, 0.29) is 0 Å². The second kappa shape index (κ2) is 2.34. The fourth-order valence-electron chi connectivity index (χ4n) is 1.44. The molecule has 0 aliphatic heterocycles. The molecule has 1 aromatic heterocycles. The van der Waals surface area contributed by atoms with Crippen LogP contribution in [-0.2, 0) is 7.05 Å². The van der Waals surface area contributed by atoms with E-state index < -0.39 is 0 Å². The van der Waals surface area contributed by atoms with Crippen molar-refractivity contribution in [3.8, 4) is 0 Å². The van der Waals surface area contributed by atoms with Gasteiger partial charge >= 0.3 is 0 Å². The molecule has 2 nitrogen and oxygen atoms in total. The lowest BCUT2D eigenvalue weighted by Gasteiger charge is -2.00. The number of rotatable bonds is 0. The molecule has 0 unspecified atom stereocenters. The molecule has 62 valence electrons. The van der Waals surface area contributed by atoms with Gasteiger partial charge in [-0.05, 0) is 31.0 Å². The summed E-state index contributed by atoms with van der Waals surface area (Å²) in [6.07, 6.45) is 1.86. The lowest BCUT2D eigenvalue weighted by atomic mass is 10.1. The maximum Gasteiger partial charge on any atom is 0.0955 e. The van der Waals surface area contributed by atoms with Gasteiger partial charge < -0.3 is 4.57 Å². The van der Waals surface area contributed by atoms with Crippen molar-refractivity contribution in [3.05, 3.63) is 29.6 Å². The lowest BCUT2D eigenvalue weighted by molar-refractivity contribution is 0.947. The van der Waals surface area contributed by atoms with Crippen molar-refractivity contribution in [2.75, 3.05) is 0 Å².